The van der Waals surface area contributed by atoms with Crippen LogP contribution in [0.15, 0.2) is 29.9 Å². The molecule has 1 aromatic heterocycles. The first-order valence-corrected chi connectivity index (χ1v) is 6.39. The van der Waals surface area contributed by atoms with Gasteiger partial charge in [0.25, 0.3) is 0 Å². The summed E-state index contributed by atoms with van der Waals surface area (Å²) >= 11 is 1.60. The molecule has 2 nitrogen and oxygen atoms in total. The largest absolute Gasteiger partial charge is 0.313 e. The molecule has 0 aliphatic carbocycles. The van der Waals surface area contributed by atoms with Gasteiger partial charge in [-0.3, -0.25) is 4.98 Å². The van der Waals surface area contributed by atoms with E-state index in [1.54, 1.807) is 22.9 Å². The van der Waals surface area contributed by atoms with E-state index in [2.05, 4.69) is 10.3 Å². The van der Waals surface area contributed by atoms with Crippen LogP contribution in [0.5, 0.6) is 0 Å². The van der Waals surface area contributed by atoms with Gasteiger partial charge in [0.1, 0.15) is 5.82 Å². The SMILES string of the molecule is CNC(Cc1cncs1)c1cc(C)ccc1F. The summed E-state index contributed by atoms with van der Waals surface area (Å²) in [4.78, 5) is 5.20. The molecule has 0 saturated heterocycles. The molecule has 1 N–H and O–H groups in total. The zero-order valence-corrected chi connectivity index (χ0v) is 10.7. The molecule has 1 heterocycles. The van der Waals surface area contributed by atoms with E-state index in [0.29, 0.717) is 0 Å². The molecule has 1 atom stereocenters. The topological polar surface area (TPSA) is 24.9 Å². The molecule has 0 bridgehead atoms. The minimum Gasteiger partial charge on any atom is -0.313 e. The van der Waals surface area contributed by atoms with Crippen molar-refractivity contribution >= 4 is 11.3 Å². The molecule has 0 fully saturated rings. The predicted octanol–water partition coefficient (Wildman–Crippen LogP) is 3.09. The van der Waals surface area contributed by atoms with Gasteiger partial charge in [0, 0.05) is 29.1 Å². The molecule has 17 heavy (non-hydrogen) atoms. The first-order valence-electron chi connectivity index (χ1n) is 5.51. The normalized spacial score (nSPS) is 12.6. The van der Waals surface area contributed by atoms with Crippen molar-refractivity contribution in [1.29, 1.82) is 0 Å². The van der Waals surface area contributed by atoms with E-state index >= 15 is 0 Å². The molecule has 0 spiro atoms. The van der Waals surface area contributed by atoms with Gasteiger partial charge in [0.2, 0.25) is 0 Å². The van der Waals surface area contributed by atoms with Gasteiger partial charge in [-0.25, -0.2) is 4.39 Å². The highest BCUT2D eigenvalue weighted by Crippen LogP contribution is 2.23. The fraction of sp³-hybridized carbons (Fsp3) is 0.308. The van der Waals surface area contributed by atoms with Gasteiger partial charge in [0.15, 0.2) is 0 Å². The highest BCUT2D eigenvalue weighted by Gasteiger charge is 2.15. The van der Waals surface area contributed by atoms with Crippen molar-refractivity contribution in [2.45, 2.75) is 19.4 Å². The molecule has 1 aromatic carbocycles. The third-order valence-electron chi connectivity index (χ3n) is 2.76. The van der Waals surface area contributed by atoms with Crippen LogP contribution in [0.25, 0.3) is 0 Å². The number of hydrogen-bond donors (Lipinski definition) is 1. The number of rotatable bonds is 4. The third kappa shape index (κ3) is 2.90. The van der Waals surface area contributed by atoms with E-state index in [1.807, 2.05) is 26.2 Å². The molecule has 1 unspecified atom stereocenters. The summed E-state index contributed by atoms with van der Waals surface area (Å²) < 4.78 is 13.8. The zero-order valence-electron chi connectivity index (χ0n) is 9.90. The maximum atomic E-state index is 13.8. The van der Waals surface area contributed by atoms with Crippen LogP contribution in [-0.4, -0.2) is 12.0 Å². The summed E-state index contributed by atoms with van der Waals surface area (Å²) in [6.07, 6.45) is 2.60. The van der Waals surface area contributed by atoms with Crippen LogP contribution in [0.2, 0.25) is 0 Å². The Morgan fingerprint density at radius 1 is 1.47 bits per heavy atom. The first kappa shape index (κ1) is 12.2. The van der Waals surface area contributed by atoms with Crippen molar-refractivity contribution in [2.75, 3.05) is 7.05 Å². The fourth-order valence-corrected chi connectivity index (χ4v) is 2.48. The van der Waals surface area contributed by atoms with Crippen molar-refractivity contribution in [3.63, 3.8) is 0 Å². The summed E-state index contributed by atoms with van der Waals surface area (Å²) in [5.74, 6) is -0.153. The number of nitrogens with zero attached hydrogens (tertiary/aromatic N) is 1. The van der Waals surface area contributed by atoms with E-state index in [4.69, 9.17) is 0 Å². The third-order valence-corrected chi connectivity index (χ3v) is 3.57. The number of aryl methyl sites for hydroxylation is 1. The summed E-state index contributed by atoms with van der Waals surface area (Å²) in [6.45, 7) is 1.97. The highest BCUT2D eigenvalue weighted by atomic mass is 32.1. The lowest BCUT2D eigenvalue weighted by Crippen LogP contribution is -2.19. The van der Waals surface area contributed by atoms with Crippen molar-refractivity contribution < 1.29 is 4.39 Å². The molecular weight excluding hydrogens is 235 g/mol. The second kappa shape index (κ2) is 5.38. The standard InChI is InChI=1S/C13H15FN2S/c1-9-3-4-12(14)11(5-9)13(15-2)6-10-7-16-8-17-10/h3-5,7-8,13,15H,6H2,1-2H3. The number of nitrogens with one attached hydrogen (secondary N) is 1. The Balaban J connectivity index is 2.25. The van der Waals surface area contributed by atoms with Crippen LogP contribution >= 0.6 is 11.3 Å². The Morgan fingerprint density at radius 2 is 2.29 bits per heavy atom. The van der Waals surface area contributed by atoms with Gasteiger partial charge in [-0.2, -0.15) is 0 Å². The number of thiazole rings is 1. The van der Waals surface area contributed by atoms with Gasteiger partial charge >= 0.3 is 0 Å². The van der Waals surface area contributed by atoms with Crippen molar-refractivity contribution in [3.05, 3.63) is 51.7 Å². The molecule has 0 radical (unpaired) electrons. The van der Waals surface area contributed by atoms with Crippen LogP contribution < -0.4 is 5.32 Å². The lowest BCUT2D eigenvalue weighted by atomic mass is 10.0. The Kier molecular flexibility index (Phi) is 3.86. The van der Waals surface area contributed by atoms with E-state index in [-0.39, 0.29) is 11.9 Å². The Morgan fingerprint density at radius 3 is 2.94 bits per heavy atom. The lowest BCUT2D eigenvalue weighted by molar-refractivity contribution is 0.535. The zero-order chi connectivity index (χ0) is 12.3. The van der Waals surface area contributed by atoms with Crippen LogP contribution in [0.3, 0.4) is 0 Å². The molecule has 90 valence electrons. The number of benzene rings is 1. The molecule has 0 amide bonds. The lowest BCUT2D eigenvalue weighted by Gasteiger charge is -2.17. The second-order valence-electron chi connectivity index (χ2n) is 4.04. The highest BCUT2D eigenvalue weighted by molar-refractivity contribution is 7.09. The van der Waals surface area contributed by atoms with Crippen LogP contribution in [0.1, 0.15) is 22.0 Å². The van der Waals surface area contributed by atoms with Gasteiger partial charge in [-0.1, -0.05) is 17.7 Å². The monoisotopic (exact) mass is 250 g/mol. The van der Waals surface area contributed by atoms with Crippen molar-refractivity contribution in [2.24, 2.45) is 0 Å². The maximum absolute atomic E-state index is 13.8. The average Bonchev–Trinajstić information content (AvgIpc) is 2.82. The predicted molar refractivity (Wildman–Crippen MR) is 68.8 cm³/mol. The second-order valence-corrected chi connectivity index (χ2v) is 5.01. The first-order chi connectivity index (χ1) is 8.20. The smallest absolute Gasteiger partial charge is 0.128 e. The Labute approximate surface area is 105 Å². The summed E-state index contributed by atoms with van der Waals surface area (Å²) in [7, 11) is 1.85. The minimum absolute atomic E-state index is 0.00431. The van der Waals surface area contributed by atoms with Gasteiger partial charge < -0.3 is 5.32 Å². The summed E-state index contributed by atoms with van der Waals surface area (Å²) in [6, 6.07) is 5.22. The van der Waals surface area contributed by atoms with Gasteiger partial charge in [-0.05, 0) is 20.0 Å². The molecular formula is C13H15FN2S. The van der Waals surface area contributed by atoms with Crippen LogP contribution in [0.4, 0.5) is 4.39 Å². The minimum atomic E-state index is -0.153. The van der Waals surface area contributed by atoms with Crippen LogP contribution in [0, 0.1) is 12.7 Å². The molecule has 2 aromatic rings. The number of aromatic nitrogens is 1. The van der Waals surface area contributed by atoms with Gasteiger partial charge in [-0.15, -0.1) is 11.3 Å². The number of hydrogen-bond acceptors (Lipinski definition) is 3. The van der Waals surface area contributed by atoms with Crippen molar-refractivity contribution in [3.8, 4) is 0 Å². The molecule has 0 aliphatic rings. The van der Waals surface area contributed by atoms with E-state index in [0.717, 1.165) is 22.4 Å². The van der Waals surface area contributed by atoms with Gasteiger partial charge in [0.05, 0.1) is 5.51 Å². The van der Waals surface area contributed by atoms with Crippen molar-refractivity contribution in [1.82, 2.24) is 10.3 Å². The van der Waals surface area contributed by atoms with Crippen LogP contribution in [-0.2, 0) is 6.42 Å². The fourth-order valence-electron chi connectivity index (χ4n) is 1.84. The quantitative estimate of drug-likeness (QED) is 0.902. The molecule has 4 heteroatoms. The Bertz CT molecular complexity index is 482. The van der Waals surface area contributed by atoms with E-state index < -0.39 is 0 Å². The Hall–Kier alpha value is -1.26. The number of likely N-dealkylation sites (N-methyl/N-ethyl adjacent to an activating group) is 1. The average molecular weight is 250 g/mol. The summed E-state index contributed by atoms with van der Waals surface area (Å²) in [5, 5.41) is 3.16. The summed E-state index contributed by atoms with van der Waals surface area (Å²) in [5.41, 5.74) is 3.60. The molecule has 2 rings (SSSR count). The van der Waals surface area contributed by atoms with E-state index in [9.17, 15) is 4.39 Å². The van der Waals surface area contributed by atoms with E-state index in [1.165, 1.54) is 6.07 Å². The molecule has 0 aliphatic heterocycles. The maximum Gasteiger partial charge on any atom is 0.128 e. The number of halogens is 1. The molecule has 0 saturated carbocycles.